The van der Waals surface area contributed by atoms with E-state index < -0.39 is 5.97 Å². The predicted molar refractivity (Wildman–Crippen MR) is 79.6 cm³/mol. The van der Waals surface area contributed by atoms with Gasteiger partial charge in [-0.3, -0.25) is 4.79 Å². The average molecular weight is 286 g/mol. The fourth-order valence-corrected chi connectivity index (χ4v) is 2.70. The summed E-state index contributed by atoms with van der Waals surface area (Å²) in [5, 5.41) is 8.98. The van der Waals surface area contributed by atoms with Crippen LogP contribution >= 0.6 is 11.8 Å². The second-order valence-corrected chi connectivity index (χ2v) is 5.38. The van der Waals surface area contributed by atoms with E-state index in [0.717, 1.165) is 10.5 Å². The van der Waals surface area contributed by atoms with E-state index in [1.165, 1.54) is 11.8 Å². The minimum Gasteiger partial charge on any atom is -0.478 e. The number of aromatic carboxylic acids is 1. The van der Waals surface area contributed by atoms with E-state index in [1.54, 1.807) is 30.3 Å². The molecule has 0 aliphatic rings. The highest BCUT2D eigenvalue weighted by Gasteiger charge is 2.10. The summed E-state index contributed by atoms with van der Waals surface area (Å²) < 4.78 is 0. The summed E-state index contributed by atoms with van der Waals surface area (Å²) in [7, 11) is 0. The van der Waals surface area contributed by atoms with E-state index in [0.29, 0.717) is 11.3 Å². The molecule has 0 saturated carbocycles. The summed E-state index contributed by atoms with van der Waals surface area (Å²) in [5.74, 6) is -0.620. The maximum atomic E-state index is 12.0. The minimum atomic E-state index is -0.957. The van der Waals surface area contributed by atoms with Crippen LogP contribution in [0.2, 0.25) is 0 Å². The summed E-state index contributed by atoms with van der Waals surface area (Å²) >= 11 is 1.37. The first-order valence-corrected chi connectivity index (χ1v) is 7.11. The molecule has 2 rings (SSSR count). The van der Waals surface area contributed by atoms with E-state index >= 15 is 0 Å². The minimum absolute atomic E-state index is 0.0377. The van der Waals surface area contributed by atoms with Crippen molar-refractivity contribution >= 4 is 23.5 Å². The first kappa shape index (κ1) is 14.3. The monoisotopic (exact) mass is 286 g/mol. The Kier molecular flexibility index (Phi) is 4.58. The molecule has 102 valence electrons. The van der Waals surface area contributed by atoms with Crippen molar-refractivity contribution in [2.24, 2.45) is 0 Å². The van der Waals surface area contributed by atoms with Crippen LogP contribution in [-0.2, 0) is 0 Å². The van der Waals surface area contributed by atoms with Gasteiger partial charge in [0, 0.05) is 10.5 Å². The van der Waals surface area contributed by atoms with Gasteiger partial charge in [0.05, 0.1) is 11.3 Å². The molecule has 0 bridgehead atoms. The third-order valence-electron chi connectivity index (χ3n) is 2.89. The number of aryl methyl sites for hydroxylation is 1. The van der Waals surface area contributed by atoms with Crippen LogP contribution in [-0.4, -0.2) is 22.6 Å². The molecule has 0 radical (unpaired) electrons. The number of benzene rings is 2. The molecule has 2 aromatic rings. The Morgan fingerprint density at radius 1 is 1.05 bits per heavy atom. The van der Waals surface area contributed by atoms with Crippen molar-refractivity contribution in [2.75, 3.05) is 5.75 Å². The highest BCUT2D eigenvalue weighted by Crippen LogP contribution is 2.24. The Morgan fingerprint density at radius 3 is 2.40 bits per heavy atom. The maximum absolute atomic E-state index is 12.0. The molecule has 1 N–H and O–H groups in total. The van der Waals surface area contributed by atoms with Gasteiger partial charge in [-0.15, -0.1) is 11.8 Å². The molecule has 0 aliphatic carbocycles. The van der Waals surface area contributed by atoms with Crippen LogP contribution in [0.25, 0.3) is 0 Å². The summed E-state index contributed by atoms with van der Waals surface area (Å²) in [6.07, 6.45) is 0. The highest BCUT2D eigenvalue weighted by molar-refractivity contribution is 8.00. The fourth-order valence-electron chi connectivity index (χ4n) is 1.74. The van der Waals surface area contributed by atoms with E-state index in [9.17, 15) is 9.59 Å². The number of carbonyl (C=O) groups is 2. The molecule has 2 aromatic carbocycles. The van der Waals surface area contributed by atoms with Crippen LogP contribution in [0, 0.1) is 6.92 Å². The van der Waals surface area contributed by atoms with Crippen molar-refractivity contribution in [2.45, 2.75) is 11.8 Å². The van der Waals surface area contributed by atoms with Gasteiger partial charge < -0.3 is 5.11 Å². The van der Waals surface area contributed by atoms with Gasteiger partial charge in [-0.2, -0.15) is 0 Å². The molecular formula is C16H14O3S. The standard InChI is InChI=1S/C16H14O3S/c1-11-7-8-13(16(18)19)9-15(11)20-10-14(17)12-5-3-2-4-6-12/h2-9H,10H2,1H3,(H,18,19). The maximum Gasteiger partial charge on any atom is 0.335 e. The summed E-state index contributed by atoms with van der Waals surface area (Å²) in [6.45, 7) is 1.90. The summed E-state index contributed by atoms with van der Waals surface area (Å²) in [5.41, 5.74) is 1.89. The van der Waals surface area contributed by atoms with Crippen molar-refractivity contribution in [1.29, 1.82) is 0 Å². The van der Waals surface area contributed by atoms with Crippen molar-refractivity contribution in [3.63, 3.8) is 0 Å². The Labute approximate surface area is 121 Å². The normalized spacial score (nSPS) is 10.2. The van der Waals surface area contributed by atoms with Gasteiger partial charge in [-0.1, -0.05) is 36.4 Å². The van der Waals surface area contributed by atoms with Gasteiger partial charge in [-0.05, 0) is 24.6 Å². The number of carbonyl (C=O) groups excluding carboxylic acids is 1. The van der Waals surface area contributed by atoms with E-state index in [4.69, 9.17) is 5.11 Å². The van der Waals surface area contributed by atoms with Crippen LogP contribution in [0.5, 0.6) is 0 Å². The van der Waals surface area contributed by atoms with E-state index in [2.05, 4.69) is 0 Å². The third-order valence-corrected chi connectivity index (χ3v) is 4.05. The lowest BCUT2D eigenvalue weighted by molar-refractivity contribution is 0.0696. The number of ketones is 1. The van der Waals surface area contributed by atoms with E-state index in [-0.39, 0.29) is 11.3 Å². The van der Waals surface area contributed by atoms with Crippen molar-refractivity contribution in [1.82, 2.24) is 0 Å². The SMILES string of the molecule is Cc1ccc(C(=O)O)cc1SCC(=O)c1ccccc1. The largest absolute Gasteiger partial charge is 0.478 e. The number of rotatable bonds is 5. The Hall–Kier alpha value is -2.07. The zero-order valence-electron chi connectivity index (χ0n) is 11.0. The van der Waals surface area contributed by atoms with Crippen LogP contribution < -0.4 is 0 Å². The molecule has 0 fully saturated rings. The first-order chi connectivity index (χ1) is 9.58. The zero-order valence-corrected chi connectivity index (χ0v) is 11.8. The molecule has 0 aliphatic heterocycles. The number of hydrogen-bond acceptors (Lipinski definition) is 3. The van der Waals surface area contributed by atoms with Crippen LogP contribution in [0.4, 0.5) is 0 Å². The number of hydrogen-bond donors (Lipinski definition) is 1. The highest BCUT2D eigenvalue weighted by atomic mass is 32.2. The lowest BCUT2D eigenvalue weighted by Crippen LogP contribution is -2.03. The molecule has 0 saturated heterocycles. The molecule has 4 heteroatoms. The second-order valence-electron chi connectivity index (χ2n) is 4.36. The molecule has 0 aromatic heterocycles. The van der Waals surface area contributed by atoms with Gasteiger partial charge >= 0.3 is 5.97 Å². The van der Waals surface area contributed by atoms with Gasteiger partial charge in [0.15, 0.2) is 5.78 Å². The van der Waals surface area contributed by atoms with Gasteiger partial charge in [0.1, 0.15) is 0 Å². The molecule has 0 unspecified atom stereocenters. The van der Waals surface area contributed by atoms with Crippen LogP contribution in [0.15, 0.2) is 53.4 Å². The summed E-state index contributed by atoms with van der Waals surface area (Å²) in [4.78, 5) is 23.8. The fraction of sp³-hybridized carbons (Fsp3) is 0.125. The van der Waals surface area contributed by atoms with Crippen molar-refractivity contribution < 1.29 is 14.7 Å². The van der Waals surface area contributed by atoms with Gasteiger partial charge in [-0.25, -0.2) is 4.79 Å². The van der Waals surface area contributed by atoms with Crippen molar-refractivity contribution in [3.8, 4) is 0 Å². The Bertz CT molecular complexity index is 635. The lowest BCUT2D eigenvalue weighted by Gasteiger charge is -2.06. The summed E-state index contributed by atoms with van der Waals surface area (Å²) in [6, 6.07) is 14.0. The average Bonchev–Trinajstić information content (AvgIpc) is 2.46. The van der Waals surface area contributed by atoms with Gasteiger partial charge in [0.2, 0.25) is 0 Å². The molecule has 0 atom stereocenters. The molecule has 0 amide bonds. The number of thioether (sulfide) groups is 1. The molecule has 3 nitrogen and oxygen atoms in total. The lowest BCUT2D eigenvalue weighted by atomic mass is 10.1. The van der Waals surface area contributed by atoms with Crippen molar-refractivity contribution in [3.05, 3.63) is 65.2 Å². The van der Waals surface area contributed by atoms with Crippen LogP contribution in [0.1, 0.15) is 26.3 Å². The number of Topliss-reactive ketones (excluding diaryl/α,β-unsaturated/α-hetero) is 1. The Balaban J connectivity index is 2.09. The smallest absolute Gasteiger partial charge is 0.335 e. The number of carboxylic acid groups (broad SMARTS) is 1. The van der Waals surface area contributed by atoms with Crippen LogP contribution in [0.3, 0.4) is 0 Å². The predicted octanol–water partition coefficient (Wildman–Crippen LogP) is 3.67. The zero-order chi connectivity index (χ0) is 14.5. The van der Waals surface area contributed by atoms with Gasteiger partial charge in [0.25, 0.3) is 0 Å². The number of carboxylic acids is 1. The molecule has 0 heterocycles. The van der Waals surface area contributed by atoms with E-state index in [1.807, 2.05) is 25.1 Å². The second kappa shape index (κ2) is 6.39. The topological polar surface area (TPSA) is 54.4 Å². The first-order valence-electron chi connectivity index (χ1n) is 6.13. The Morgan fingerprint density at radius 2 is 1.75 bits per heavy atom. The molecule has 0 spiro atoms. The molecule has 20 heavy (non-hydrogen) atoms. The molecular weight excluding hydrogens is 272 g/mol. The third kappa shape index (κ3) is 3.48. The quantitative estimate of drug-likeness (QED) is 0.673.